The summed E-state index contributed by atoms with van der Waals surface area (Å²) in [5, 5.41) is 4.86. The molecule has 0 radical (unpaired) electrons. The number of benzene rings is 2. The number of hydrogen-bond acceptors (Lipinski definition) is 8. The molecule has 0 heterocycles. The van der Waals surface area contributed by atoms with Gasteiger partial charge in [0.25, 0.3) is 11.8 Å². The maximum absolute atomic E-state index is 13.7. The van der Waals surface area contributed by atoms with E-state index in [0.29, 0.717) is 0 Å². The molecule has 278 valence electrons. The van der Waals surface area contributed by atoms with E-state index in [0.717, 1.165) is 11.1 Å². The van der Waals surface area contributed by atoms with Gasteiger partial charge in [0.1, 0.15) is 25.3 Å². The molecule has 4 atom stereocenters. The zero-order chi connectivity index (χ0) is 37.9. The van der Waals surface area contributed by atoms with Crippen LogP contribution in [0.2, 0.25) is 36.3 Å². The highest BCUT2D eigenvalue weighted by atomic mass is 28.4. The third kappa shape index (κ3) is 13.2. The van der Waals surface area contributed by atoms with Crippen molar-refractivity contribution >= 4 is 40.6 Å². The van der Waals surface area contributed by atoms with Gasteiger partial charge in [-0.1, -0.05) is 102 Å². The molecule has 0 aliphatic rings. The Balaban J connectivity index is 2.24. The van der Waals surface area contributed by atoms with Crippen LogP contribution in [0.4, 0.5) is 9.59 Å². The molecule has 0 bridgehead atoms. The largest absolute Gasteiger partial charge is 0.445 e. The van der Waals surface area contributed by atoms with Crippen LogP contribution in [0.25, 0.3) is 0 Å². The lowest BCUT2D eigenvalue weighted by Crippen LogP contribution is -2.62. The Kier molecular flexibility index (Phi) is 15.3. The lowest BCUT2D eigenvalue weighted by Gasteiger charge is -2.40. The lowest BCUT2D eigenvalue weighted by molar-refractivity contribution is -0.133. The first-order valence-corrected chi connectivity index (χ1v) is 22.8. The van der Waals surface area contributed by atoms with Gasteiger partial charge in [-0.3, -0.25) is 20.4 Å². The summed E-state index contributed by atoms with van der Waals surface area (Å²) < 4.78 is 23.7. The van der Waals surface area contributed by atoms with Crippen LogP contribution >= 0.6 is 0 Å². The zero-order valence-corrected chi connectivity index (χ0v) is 33.8. The Morgan fingerprint density at radius 1 is 0.580 bits per heavy atom. The maximum Gasteiger partial charge on any atom is 0.408 e. The van der Waals surface area contributed by atoms with Gasteiger partial charge in [-0.15, -0.1) is 0 Å². The van der Waals surface area contributed by atoms with Crippen molar-refractivity contribution < 1.29 is 37.5 Å². The van der Waals surface area contributed by atoms with E-state index in [2.05, 4.69) is 63.0 Å². The van der Waals surface area contributed by atoms with Gasteiger partial charge >= 0.3 is 12.2 Å². The van der Waals surface area contributed by atoms with Crippen LogP contribution in [0.5, 0.6) is 0 Å². The third-order valence-corrected chi connectivity index (χ3v) is 18.5. The predicted molar refractivity (Wildman–Crippen MR) is 199 cm³/mol. The fraction of sp³-hybridized carbons (Fsp3) is 0.556. The molecule has 4 amide bonds. The third-order valence-electron chi connectivity index (χ3n) is 9.36. The molecule has 0 aromatic heterocycles. The Morgan fingerprint density at radius 2 is 0.880 bits per heavy atom. The number of ether oxygens (including phenoxy) is 2. The van der Waals surface area contributed by atoms with Crippen LogP contribution in [0.3, 0.4) is 0 Å². The van der Waals surface area contributed by atoms with Crippen LogP contribution < -0.4 is 21.5 Å². The van der Waals surface area contributed by atoms with Gasteiger partial charge < -0.3 is 29.0 Å². The number of hydrazine groups is 1. The van der Waals surface area contributed by atoms with Gasteiger partial charge in [-0.05, 0) is 61.2 Å². The molecular weight excluding hydrogens is 673 g/mol. The Labute approximate surface area is 300 Å². The van der Waals surface area contributed by atoms with Gasteiger partial charge in [0.05, 0.1) is 12.2 Å². The maximum atomic E-state index is 13.7. The molecule has 2 rings (SSSR count). The van der Waals surface area contributed by atoms with Gasteiger partial charge in [-0.25, -0.2) is 9.59 Å². The van der Waals surface area contributed by atoms with Crippen LogP contribution in [0.15, 0.2) is 60.7 Å². The molecule has 0 aliphatic carbocycles. The Bertz CT molecular complexity index is 1310. The number of amides is 4. The first kappa shape index (κ1) is 42.4. The number of alkyl carbamates (subject to hydrolysis) is 2. The van der Waals surface area contributed by atoms with Crippen molar-refractivity contribution in [3.05, 3.63) is 71.8 Å². The van der Waals surface area contributed by atoms with Crippen LogP contribution in [0.1, 0.15) is 66.5 Å². The molecule has 4 N–H and O–H groups in total. The molecule has 50 heavy (non-hydrogen) atoms. The average molecular weight is 731 g/mol. The second-order valence-electron chi connectivity index (χ2n) is 15.5. The topological polar surface area (TPSA) is 153 Å². The molecule has 12 nitrogen and oxygen atoms in total. The number of carbonyl (C=O) groups is 4. The van der Waals surface area contributed by atoms with E-state index in [1.807, 2.05) is 86.9 Å². The van der Waals surface area contributed by atoms with Gasteiger partial charge in [0.2, 0.25) is 0 Å². The molecule has 0 unspecified atom stereocenters. The molecule has 0 fully saturated rings. The van der Waals surface area contributed by atoms with E-state index < -0.39 is 64.9 Å². The molecule has 14 heteroatoms. The smallest absolute Gasteiger partial charge is 0.408 e. The first-order chi connectivity index (χ1) is 23.0. The summed E-state index contributed by atoms with van der Waals surface area (Å²) in [6, 6.07) is 15.8. The van der Waals surface area contributed by atoms with E-state index in [4.69, 9.17) is 18.3 Å². The highest BCUT2D eigenvalue weighted by Crippen LogP contribution is 2.38. The highest BCUT2D eigenvalue weighted by Gasteiger charge is 2.43. The lowest BCUT2D eigenvalue weighted by atomic mass is 10.1. The summed E-state index contributed by atoms with van der Waals surface area (Å²) in [6.07, 6.45) is -3.24. The number of nitrogens with one attached hydrogen (secondary N) is 4. The van der Waals surface area contributed by atoms with Gasteiger partial charge in [0, 0.05) is 0 Å². The number of rotatable bonds is 14. The summed E-state index contributed by atoms with van der Waals surface area (Å²) >= 11 is 0. The van der Waals surface area contributed by atoms with Crippen molar-refractivity contribution in [1.82, 2.24) is 21.5 Å². The van der Waals surface area contributed by atoms with Crippen molar-refractivity contribution in [2.24, 2.45) is 0 Å². The van der Waals surface area contributed by atoms with Crippen molar-refractivity contribution in [2.75, 3.05) is 0 Å². The summed E-state index contributed by atoms with van der Waals surface area (Å²) in [4.78, 5) is 53.2. The second-order valence-corrected chi connectivity index (χ2v) is 25.0. The minimum atomic E-state index is -2.40. The number of hydrogen-bond donors (Lipinski definition) is 4. The first-order valence-electron chi connectivity index (χ1n) is 16.9. The second kappa shape index (κ2) is 18.0. The predicted octanol–water partition coefficient (Wildman–Crippen LogP) is 6.54. The fourth-order valence-electron chi connectivity index (χ4n) is 4.27. The van der Waals surface area contributed by atoms with Crippen molar-refractivity contribution in [3.8, 4) is 0 Å². The Hall–Kier alpha value is -3.73. The highest BCUT2D eigenvalue weighted by molar-refractivity contribution is 6.74. The zero-order valence-electron chi connectivity index (χ0n) is 31.8. The van der Waals surface area contributed by atoms with Crippen molar-refractivity contribution in [3.63, 3.8) is 0 Å². The molecular formula is C36H58N4O8Si2. The van der Waals surface area contributed by atoms with E-state index in [1.54, 1.807) is 13.8 Å². The quantitative estimate of drug-likeness (QED) is 0.126. The van der Waals surface area contributed by atoms with Crippen molar-refractivity contribution in [1.29, 1.82) is 0 Å². The van der Waals surface area contributed by atoms with E-state index in [1.165, 1.54) is 0 Å². The van der Waals surface area contributed by atoms with Crippen molar-refractivity contribution in [2.45, 2.75) is 129 Å². The fourth-order valence-corrected chi connectivity index (χ4v) is 7.11. The summed E-state index contributed by atoms with van der Waals surface area (Å²) in [6.45, 7) is 23.9. The van der Waals surface area contributed by atoms with E-state index in [9.17, 15) is 19.2 Å². The normalized spacial score (nSPS) is 14.7. The monoisotopic (exact) mass is 730 g/mol. The summed E-state index contributed by atoms with van der Waals surface area (Å²) in [5.74, 6) is -1.49. The molecule has 0 saturated carbocycles. The molecule has 2 aromatic rings. The van der Waals surface area contributed by atoms with Gasteiger partial charge in [0.15, 0.2) is 16.6 Å². The van der Waals surface area contributed by atoms with Gasteiger partial charge in [-0.2, -0.15) is 0 Å². The standard InChI is InChI=1S/C36H58N4O8Si2/c1-25(47-49(9,10)35(3,4)5)29(37-33(43)45-23-27-19-15-13-16-20-27)31(41)39-40-32(42)30(26(2)48-50(11,12)36(6,7)8)38-34(44)46-24-28-21-17-14-18-22-28/h13-22,25-26,29-30H,23-24H2,1-12H3,(H,37,43)(H,38,44)(H,39,41)(H,40,42)/t25-,26-,29+,30+/m1/s1. The van der Waals surface area contributed by atoms with Crippen LogP contribution in [-0.2, 0) is 41.1 Å². The molecule has 0 spiro atoms. The number of carbonyl (C=O) groups excluding carboxylic acids is 4. The molecule has 0 saturated heterocycles. The van der Waals surface area contributed by atoms with E-state index >= 15 is 0 Å². The molecule has 0 aliphatic heterocycles. The summed E-state index contributed by atoms with van der Waals surface area (Å²) in [5.41, 5.74) is 6.38. The van der Waals surface area contributed by atoms with Crippen LogP contribution in [0, 0.1) is 0 Å². The molecule has 2 aromatic carbocycles. The Morgan fingerprint density at radius 3 is 1.16 bits per heavy atom. The SMILES string of the molecule is C[C@@H](O[Si](C)(C)C(C)(C)C)[C@H](NC(=O)OCc1ccccc1)C(=O)NNC(=O)[C@@H](NC(=O)OCc1ccccc1)[C@@H](C)O[Si](C)(C)C(C)(C)C. The minimum absolute atomic E-state index is 0.00490. The van der Waals surface area contributed by atoms with Crippen LogP contribution in [-0.4, -0.2) is 64.9 Å². The average Bonchev–Trinajstić information content (AvgIpc) is 3.02. The minimum Gasteiger partial charge on any atom is -0.445 e. The van der Waals surface area contributed by atoms with E-state index in [-0.39, 0.29) is 23.3 Å². The summed E-state index contributed by atoms with van der Waals surface area (Å²) in [7, 11) is -4.80.